The number of aliphatic hydroxyl groups excluding tert-OH is 1. The maximum absolute atomic E-state index is 11.1. The van der Waals surface area contributed by atoms with Crippen LogP contribution in [0, 0.1) is 0 Å². The van der Waals surface area contributed by atoms with Crippen molar-refractivity contribution in [1.29, 1.82) is 0 Å². The summed E-state index contributed by atoms with van der Waals surface area (Å²) in [5.74, 6) is 0.727. The highest BCUT2D eigenvalue weighted by atomic mass is 79.9. The molecule has 0 saturated carbocycles. The molecule has 0 bridgehead atoms. The van der Waals surface area contributed by atoms with Gasteiger partial charge in [-0.1, -0.05) is 15.9 Å². The highest BCUT2D eigenvalue weighted by Crippen LogP contribution is 2.16. The number of nitrogens with one attached hydrogen (secondary N) is 1. The first-order valence-electron chi connectivity index (χ1n) is 6.08. The molecule has 2 N–H and O–H groups in total. The van der Waals surface area contributed by atoms with E-state index in [1.54, 1.807) is 6.26 Å². The number of rotatable bonds is 8. The van der Waals surface area contributed by atoms with Gasteiger partial charge in [-0.25, -0.2) is 0 Å². The molecule has 4 nitrogen and oxygen atoms in total. The van der Waals surface area contributed by atoms with Gasteiger partial charge >= 0.3 is 0 Å². The van der Waals surface area contributed by atoms with Crippen molar-refractivity contribution in [2.24, 2.45) is 0 Å². The Morgan fingerprint density at radius 3 is 2.58 bits per heavy atom. The Kier molecular flexibility index (Phi) is 7.60. The Bertz CT molecular complexity index is 399. The van der Waals surface area contributed by atoms with E-state index in [9.17, 15) is 9.32 Å². The average molecular weight is 350 g/mol. The minimum atomic E-state index is -0.841. The number of hydrogen-bond acceptors (Lipinski definition) is 4. The molecule has 6 heteroatoms. The van der Waals surface area contributed by atoms with E-state index in [-0.39, 0.29) is 11.9 Å². The van der Waals surface area contributed by atoms with E-state index in [2.05, 4.69) is 21.2 Å². The molecule has 1 aromatic carbocycles. The van der Waals surface area contributed by atoms with Gasteiger partial charge in [0.2, 0.25) is 0 Å². The third kappa shape index (κ3) is 7.06. The summed E-state index contributed by atoms with van der Waals surface area (Å²) in [6.45, 7) is 3.20. The van der Waals surface area contributed by atoms with Crippen LogP contribution in [0.1, 0.15) is 6.92 Å². The number of aliphatic hydroxyl groups is 1. The molecule has 1 aromatic rings. The molecule has 0 spiro atoms. The molecule has 0 amide bonds. The average Bonchev–Trinajstić information content (AvgIpc) is 2.37. The molecule has 19 heavy (non-hydrogen) atoms. The molecule has 3 unspecified atom stereocenters. The van der Waals surface area contributed by atoms with Crippen molar-refractivity contribution in [2.45, 2.75) is 18.3 Å². The summed E-state index contributed by atoms with van der Waals surface area (Å²) in [4.78, 5) is 0. The maximum atomic E-state index is 11.1. The van der Waals surface area contributed by atoms with Crippen LogP contribution in [0.15, 0.2) is 28.7 Å². The fraction of sp³-hybridized carbons (Fsp3) is 0.538. The van der Waals surface area contributed by atoms with Crippen molar-refractivity contribution >= 4 is 26.7 Å². The van der Waals surface area contributed by atoms with Crippen LogP contribution < -0.4 is 10.1 Å². The summed E-state index contributed by atoms with van der Waals surface area (Å²) in [6, 6.07) is 7.45. The van der Waals surface area contributed by atoms with Crippen LogP contribution in [0.5, 0.6) is 5.75 Å². The number of benzene rings is 1. The zero-order chi connectivity index (χ0) is 14.3. The summed E-state index contributed by atoms with van der Waals surface area (Å²) in [5, 5.41) is 12.9. The highest BCUT2D eigenvalue weighted by Gasteiger charge is 2.08. The number of halogens is 1. The predicted octanol–water partition coefficient (Wildman–Crippen LogP) is 1.55. The van der Waals surface area contributed by atoms with Gasteiger partial charge in [0.25, 0.3) is 0 Å². The van der Waals surface area contributed by atoms with Gasteiger partial charge in [0.05, 0.1) is 0 Å². The van der Waals surface area contributed by atoms with Crippen molar-refractivity contribution in [3.05, 3.63) is 28.7 Å². The third-order valence-corrected chi connectivity index (χ3v) is 4.46. The quantitative estimate of drug-likeness (QED) is 0.747. The normalized spacial score (nSPS) is 15.8. The zero-order valence-electron chi connectivity index (χ0n) is 11.1. The van der Waals surface area contributed by atoms with E-state index < -0.39 is 16.9 Å². The monoisotopic (exact) mass is 349 g/mol. The first-order chi connectivity index (χ1) is 8.99. The number of hydrogen-bond donors (Lipinski definition) is 2. The van der Waals surface area contributed by atoms with Crippen LogP contribution in [0.3, 0.4) is 0 Å². The minimum Gasteiger partial charge on any atom is -0.491 e. The lowest BCUT2D eigenvalue weighted by molar-refractivity contribution is 0.106. The summed E-state index contributed by atoms with van der Waals surface area (Å²) >= 11 is 3.34. The Balaban J connectivity index is 2.19. The second kappa shape index (κ2) is 8.68. The Labute approximate surface area is 125 Å². The minimum absolute atomic E-state index is 0.0830. The Morgan fingerprint density at radius 1 is 1.37 bits per heavy atom. The van der Waals surface area contributed by atoms with Gasteiger partial charge < -0.3 is 15.2 Å². The van der Waals surface area contributed by atoms with Crippen LogP contribution >= 0.6 is 15.9 Å². The van der Waals surface area contributed by atoms with E-state index in [0.29, 0.717) is 13.1 Å². The van der Waals surface area contributed by atoms with E-state index in [0.717, 1.165) is 10.2 Å². The molecule has 3 atom stereocenters. The topological polar surface area (TPSA) is 58.6 Å². The molecule has 0 heterocycles. The van der Waals surface area contributed by atoms with Crippen LogP contribution in [0.2, 0.25) is 0 Å². The van der Waals surface area contributed by atoms with Crippen molar-refractivity contribution < 1.29 is 14.1 Å². The first kappa shape index (κ1) is 16.6. The van der Waals surface area contributed by atoms with E-state index in [4.69, 9.17) is 4.74 Å². The molecule has 0 fully saturated rings. The third-order valence-electron chi connectivity index (χ3n) is 2.63. The summed E-state index contributed by atoms with van der Waals surface area (Å²) in [6.07, 6.45) is 1.10. The number of ether oxygens (including phenoxy) is 1. The van der Waals surface area contributed by atoms with Gasteiger partial charge in [0.1, 0.15) is 18.5 Å². The predicted molar refractivity (Wildman–Crippen MR) is 82.0 cm³/mol. The molecule has 108 valence electrons. The molecule has 0 aromatic heterocycles. The molecule has 1 rings (SSSR count). The standard InChI is InChI=1S/C13H20BrNO3S/c1-10(19(2)17)7-15-8-12(16)9-18-13-5-3-11(14)4-6-13/h3-6,10,12,15-16H,7-9H2,1-2H3. The summed E-state index contributed by atoms with van der Waals surface area (Å²) in [5.41, 5.74) is 0. The van der Waals surface area contributed by atoms with Crippen molar-refractivity contribution in [2.75, 3.05) is 26.0 Å². The van der Waals surface area contributed by atoms with Gasteiger partial charge in [-0.2, -0.15) is 0 Å². The molecule has 0 radical (unpaired) electrons. The van der Waals surface area contributed by atoms with E-state index >= 15 is 0 Å². The van der Waals surface area contributed by atoms with Crippen LogP contribution in [0.25, 0.3) is 0 Å². The maximum Gasteiger partial charge on any atom is 0.119 e. The van der Waals surface area contributed by atoms with Gasteiger partial charge in [0, 0.05) is 39.9 Å². The fourth-order valence-electron chi connectivity index (χ4n) is 1.35. The fourth-order valence-corrected chi connectivity index (χ4v) is 1.97. The van der Waals surface area contributed by atoms with Crippen molar-refractivity contribution in [3.63, 3.8) is 0 Å². The van der Waals surface area contributed by atoms with Gasteiger partial charge in [-0.05, 0) is 31.2 Å². The molecule has 0 saturated heterocycles. The van der Waals surface area contributed by atoms with Crippen LogP contribution in [-0.2, 0) is 10.8 Å². The first-order valence-corrected chi connectivity index (χ1v) is 8.50. The smallest absolute Gasteiger partial charge is 0.119 e. The summed E-state index contributed by atoms with van der Waals surface area (Å²) < 4.78 is 17.6. The lowest BCUT2D eigenvalue weighted by Crippen LogP contribution is -2.36. The van der Waals surface area contributed by atoms with Gasteiger partial charge in [-0.15, -0.1) is 0 Å². The zero-order valence-corrected chi connectivity index (χ0v) is 13.5. The molecule has 0 aliphatic heterocycles. The summed E-state index contributed by atoms with van der Waals surface area (Å²) in [7, 11) is -0.841. The molecule has 0 aliphatic rings. The van der Waals surface area contributed by atoms with Crippen molar-refractivity contribution in [3.8, 4) is 5.75 Å². The van der Waals surface area contributed by atoms with Gasteiger partial charge in [-0.3, -0.25) is 4.21 Å². The van der Waals surface area contributed by atoms with E-state index in [1.165, 1.54) is 0 Å². The van der Waals surface area contributed by atoms with Crippen molar-refractivity contribution in [1.82, 2.24) is 5.32 Å². The van der Waals surface area contributed by atoms with E-state index in [1.807, 2.05) is 31.2 Å². The van der Waals surface area contributed by atoms with Gasteiger partial charge in [0.15, 0.2) is 0 Å². The molecule has 0 aliphatic carbocycles. The molecular formula is C13H20BrNO3S. The molecular weight excluding hydrogens is 330 g/mol. The Morgan fingerprint density at radius 2 is 2.00 bits per heavy atom. The SMILES string of the molecule is CC(CNCC(O)COc1ccc(Br)cc1)S(C)=O. The Hall–Kier alpha value is -0.430. The second-order valence-corrected chi connectivity index (χ2v) is 7.10. The van der Waals surface area contributed by atoms with Crippen LogP contribution in [-0.4, -0.2) is 46.6 Å². The highest BCUT2D eigenvalue weighted by molar-refractivity contribution is 9.10. The largest absolute Gasteiger partial charge is 0.491 e. The van der Waals surface area contributed by atoms with Crippen LogP contribution in [0.4, 0.5) is 0 Å². The lowest BCUT2D eigenvalue weighted by Gasteiger charge is -2.15. The lowest BCUT2D eigenvalue weighted by atomic mass is 10.3. The second-order valence-electron chi connectivity index (χ2n) is 4.39.